The maximum atomic E-state index is 12.6. The quantitative estimate of drug-likeness (QED) is 0.780. The molecular formula is C19H34ClN3O3. The van der Waals surface area contributed by atoms with Crippen molar-refractivity contribution in [2.24, 2.45) is 17.6 Å². The Hall–Kier alpha value is -0.850. The lowest BCUT2D eigenvalue weighted by Gasteiger charge is -2.37. The molecule has 3 rings (SSSR count). The number of halogens is 1. The van der Waals surface area contributed by atoms with E-state index in [-0.39, 0.29) is 30.1 Å². The van der Waals surface area contributed by atoms with E-state index in [0.29, 0.717) is 45.8 Å². The molecule has 3 fully saturated rings. The van der Waals surface area contributed by atoms with Crippen LogP contribution in [0.4, 0.5) is 0 Å². The van der Waals surface area contributed by atoms with Crippen LogP contribution in [-0.2, 0) is 14.3 Å². The molecule has 1 atom stereocenters. The van der Waals surface area contributed by atoms with Gasteiger partial charge in [-0.25, -0.2) is 0 Å². The highest BCUT2D eigenvalue weighted by atomic mass is 35.5. The Labute approximate surface area is 163 Å². The third-order valence-corrected chi connectivity index (χ3v) is 6.24. The van der Waals surface area contributed by atoms with E-state index in [1.807, 2.05) is 9.80 Å². The largest absolute Gasteiger partial charge is 0.381 e. The Morgan fingerprint density at radius 3 is 2.15 bits per heavy atom. The van der Waals surface area contributed by atoms with Crippen LogP contribution in [0, 0.1) is 11.8 Å². The molecule has 2 aliphatic heterocycles. The summed E-state index contributed by atoms with van der Waals surface area (Å²) in [6.07, 6.45) is 8.67. The van der Waals surface area contributed by atoms with Crippen molar-refractivity contribution in [3.63, 3.8) is 0 Å². The number of piperazine rings is 1. The van der Waals surface area contributed by atoms with Gasteiger partial charge in [-0.3, -0.25) is 9.59 Å². The highest BCUT2D eigenvalue weighted by molar-refractivity contribution is 5.85. The second-order valence-electron chi connectivity index (χ2n) is 7.87. The van der Waals surface area contributed by atoms with Crippen LogP contribution < -0.4 is 5.73 Å². The van der Waals surface area contributed by atoms with Crippen molar-refractivity contribution < 1.29 is 14.3 Å². The van der Waals surface area contributed by atoms with Crippen molar-refractivity contribution in [3.8, 4) is 0 Å². The average molecular weight is 388 g/mol. The molecule has 7 heteroatoms. The molecule has 2 heterocycles. The van der Waals surface area contributed by atoms with E-state index >= 15 is 0 Å². The molecule has 0 aromatic heterocycles. The van der Waals surface area contributed by atoms with Gasteiger partial charge in [0, 0.05) is 45.8 Å². The van der Waals surface area contributed by atoms with E-state index in [9.17, 15) is 9.59 Å². The van der Waals surface area contributed by atoms with E-state index in [4.69, 9.17) is 10.5 Å². The third-order valence-electron chi connectivity index (χ3n) is 6.24. The van der Waals surface area contributed by atoms with Gasteiger partial charge in [0.15, 0.2) is 0 Å². The van der Waals surface area contributed by atoms with E-state index < -0.39 is 6.04 Å². The monoisotopic (exact) mass is 387 g/mol. The molecule has 1 unspecified atom stereocenters. The molecule has 1 aliphatic carbocycles. The fourth-order valence-corrected chi connectivity index (χ4v) is 4.45. The second-order valence-corrected chi connectivity index (χ2v) is 7.87. The number of hydrogen-bond acceptors (Lipinski definition) is 4. The summed E-state index contributed by atoms with van der Waals surface area (Å²) in [7, 11) is 0. The molecule has 0 radical (unpaired) electrons. The first-order valence-electron chi connectivity index (χ1n) is 10.0. The number of ether oxygens (including phenoxy) is 1. The summed E-state index contributed by atoms with van der Waals surface area (Å²) in [4.78, 5) is 28.8. The smallest absolute Gasteiger partial charge is 0.239 e. The minimum Gasteiger partial charge on any atom is -0.381 e. The van der Waals surface area contributed by atoms with E-state index in [2.05, 4.69) is 0 Å². The lowest BCUT2D eigenvalue weighted by Crippen LogP contribution is -2.56. The van der Waals surface area contributed by atoms with E-state index in [1.54, 1.807) is 0 Å². The number of nitrogens with zero attached hydrogens (tertiary/aromatic N) is 2. The summed E-state index contributed by atoms with van der Waals surface area (Å²) >= 11 is 0. The van der Waals surface area contributed by atoms with Gasteiger partial charge in [-0.2, -0.15) is 0 Å². The number of carbonyl (C=O) groups excluding carboxylic acids is 2. The molecule has 0 bridgehead atoms. The number of carbonyl (C=O) groups is 2. The number of amides is 2. The molecule has 2 saturated heterocycles. The Balaban J connectivity index is 0.00000243. The number of nitrogens with two attached hydrogens (primary N) is 1. The summed E-state index contributed by atoms with van der Waals surface area (Å²) in [5.41, 5.74) is 6.21. The highest BCUT2D eigenvalue weighted by Crippen LogP contribution is 2.28. The van der Waals surface area contributed by atoms with Crippen molar-refractivity contribution in [2.75, 3.05) is 39.4 Å². The van der Waals surface area contributed by atoms with Gasteiger partial charge in [-0.1, -0.05) is 25.7 Å². The molecule has 6 nitrogen and oxygen atoms in total. The predicted octanol–water partition coefficient (Wildman–Crippen LogP) is 1.80. The minimum absolute atomic E-state index is 0. The van der Waals surface area contributed by atoms with Crippen molar-refractivity contribution in [3.05, 3.63) is 0 Å². The fourth-order valence-electron chi connectivity index (χ4n) is 4.45. The van der Waals surface area contributed by atoms with E-state index in [1.165, 1.54) is 25.7 Å². The minimum atomic E-state index is -0.423. The maximum absolute atomic E-state index is 12.6. The molecule has 2 N–H and O–H groups in total. The Kier molecular flexibility index (Phi) is 8.64. The SMILES string of the molecule is Cl.NC(C(=O)N1CCN(C(=O)CCC2CCCC2)CC1)C1CCOCC1. The first-order chi connectivity index (χ1) is 12.1. The standard InChI is InChI=1S/C19H33N3O3.ClH/c20-18(16-7-13-25-14-8-16)19(24)22-11-9-21(10-12-22)17(23)6-5-15-3-1-2-4-15;/h15-16,18H,1-14,20H2;1H. The molecule has 0 spiro atoms. The summed E-state index contributed by atoms with van der Waals surface area (Å²) in [6.45, 7) is 3.94. The molecule has 2 amide bonds. The van der Waals surface area contributed by atoms with Crippen LogP contribution in [-0.4, -0.2) is 67.0 Å². The number of hydrogen-bond donors (Lipinski definition) is 1. The molecule has 3 aliphatic rings. The van der Waals surface area contributed by atoms with Crippen LogP contribution >= 0.6 is 12.4 Å². The van der Waals surface area contributed by atoms with Crippen molar-refractivity contribution in [1.82, 2.24) is 9.80 Å². The van der Waals surface area contributed by atoms with Crippen molar-refractivity contribution >= 4 is 24.2 Å². The first kappa shape index (κ1) is 21.5. The normalized spacial score (nSPS) is 23.6. The zero-order valence-corrected chi connectivity index (χ0v) is 16.6. The van der Waals surface area contributed by atoms with Crippen molar-refractivity contribution in [2.45, 2.75) is 57.4 Å². The highest BCUT2D eigenvalue weighted by Gasteiger charge is 2.32. The van der Waals surface area contributed by atoms with Gasteiger partial charge < -0.3 is 20.3 Å². The lowest BCUT2D eigenvalue weighted by molar-refractivity contribution is -0.141. The Bertz CT molecular complexity index is 457. The average Bonchev–Trinajstić information content (AvgIpc) is 3.19. The molecule has 0 aromatic carbocycles. The predicted molar refractivity (Wildman–Crippen MR) is 103 cm³/mol. The second kappa shape index (κ2) is 10.5. The molecular weight excluding hydrogens is 354 g/mol. The summed E-state index contributed by atoms with van der Waals surface area (Å²) in [5.74, 6) is 1.29. The summed E-state index contributed by atoms with van der Waals surface area (Å²) in [6, 6.07) is -0.423. The van der Waals surface area contributed by atoms with Gasteiger partial charge in [-0.05, 0) is 31.1 Å². The summed E-state index contributed by atoms with van der Waals surface area (Å²) < 4.78 is 5.35. The van der Waals surface area contributed by atoms with Crippen LogP contribution in [0.3, 0.4) is 0 Å². The van der Waals surface area contributed by atoms with Crippen LogP contribution in [0.5, 0.6) is 0 Å². The van der Waals surface area contributed by atoms with Crippen LogP contribution in [0.25, 0.3) is 0 Å². The fraction of sp³-hybridized carbons (Fsp3) is 0.895. The van der Waals surface area contributed by atoms with Crippen LogP contribution in [0.15, 0.2) is 0 Å². The Morgan fingerprint density at radius 2 is 1.54 bits per heavy atom. The van der Waals surface area contributed by atoms with Gasteiger partial charge >= 0.3 is 0 Å². The van der Waals surface area contributed by atoms with Gasteiger partial charge in [0.25, 0.3) is 0 Å². The van der Waals surface area contributed by atoms with Gasteiger partial charge in [-0.15, -0.1) is 12.4 Å². The molecule has 26 heavy (non-hydrogen) atoms. The van der Waals surface area contributed by atoms with Crippen LogP contribution in [0.1, 0.15) is 51.4 Å². The zero-order valence-electron chi connectivity index (χ0n) is 15.7. The maximum Gasteiger partial charge on any atom is 0.239 e. The summed E-state index contributed by atoms with van der Waals surface area (Å²) in [5, 5.41) is 0. The third kappa shape index (κ3) is 5.57. The van der Waals surface area contributed by atoms with Gasteiger partial charge in [0.05, 0.1) is 6.04 Å². The van der Waals surface area contributed by atoms with Crippen LogP contribution in [0.2, 0.25) is 0 Å². The van der Waals surface area contributed by atoms with Gasteiger partial charge in [0.2, 0.25) is 11.8 Å². The molecule has 1 saturated carbocycles. The molecule has 0 aromatic rings. The number of rotatable bonds is 5. The first-order valence-corrected chi connectivity index (χ1v) is 10.0. The van der Waals surface area contributed by atoms with Crippen molar-refractivity contribution in [1.29, 1.82) is 0 Å². The lowest BCUT2D eigenvalue weighted by atomic mass is 9.91. The zero-order chi connectivity index (χ0) is 17.6. The Morgan fingerprint density at radius 1 is 0.962 bits per heavy atom. The van der Waals surface area contributed by atoms with Gasteiger partial charge in [0.1, 0.15) is 0 Å². The molecule has 150 valence electrons. The van der Waals surface area contributed by atoms with E-state index in [0.717, 1.165) is 25.2 Å². The topological polar surface area (TPSA) is 75.9 Å².